The molecular formula is C19H20N2O2. The summed E-state index contributed by atoms with van der Waals surface area (Å²) in [5.74, 6) is 0.270. The molecule has 4 rings (SSSR count). The molecule has 0 aliphatic heterocycles. The van der Waals surface area contributed by atoms with E-state index in [2.05, 4.69) is 10.3 Å². The van der Waals surface area contributed by atoms with Gasteiger partial charge in [0.25, 0.3) is 0 Å². The van der Waals surface area contributed by atoms with Crippen molar-refractivity contribution in [3.8, 4) is 0 Å². The van der Waals surface area contributed by atoms with E-state index in [9.17, 15) is 9.59 Å². The normalized spacial score (nSPS) is 28.3. The van der Waals surface area contributed by atoms with Crippen molar-refractivity contribution in [1.29, 1.82) is 0 Å². The number of anilines is 1. The lowest BCUT2D eigenvalue weighted by molar-refractivity contribution is -0.142. The number of nitrogens with zero attached hydrogens (tertiary/aromatic N) is 1. The standard InChI is InChI=1S/C19H20N2O2/c1-18(2)13-8-9-19(11-13,16(18)22)17(23)21-14-7-3-5-12-6-4-10-20-15(12)14/h3-7,10,13H,8-9,11H2,1-2H3,(H,21,23). The van der Waals surface area contributed by atoms with Gasteiger partial charge in [-0.15, -0.1) is 0 Å². The molecule has 4 heteroatoms. The number of carbonyl (C=O) groups is 2. The van der Waals surface area contributed by atoms with Gasteiger partial charge in [0.15, 0.2) is 5.78 Å². The average molecular weight is 308 g/mol. The fourth-order valence-electron chi connectivity index (χ4n) is 4.43. The van der Waals surface area contributed by atoms with Crippen molar-refractivity contribution in [2.45, 2.75) is 33.1 Å². The summed E-state index contributed by atoms with van der Waals surface area (Å²) in [5, 5.41) is 3.97. The van der Waals surface area contributed by atoms with Crippen molar-refractivity contribution >= 4 is 28.3 Å². The minimum atomic E-state index is -0.842. The van der Waals surface area contributed by atoms with Gasteiger partial charge >= 0.3 is 0 Å². The molecule has 0 spiro atoms. The molecule has 23 heavy (non-hydrogen) atoms. The molecule has 1 heterocycles. The van der Waals surface area contributed by atoms with Gasteiger partial charge in [-0.2, -0.15) is 0 Å². The number of Topliss-reactive ketones (excluding diaryl/α,β-unsaturated/α-hetero) is 1. The number of aromatic nitrogens is 1. The maximum absolute atomic E-state index is 13.0. The quantitative estimate of drug-likeness (QED) is 0.863. The third-order valence-electron chi connectivity index (χ3n) is 5.87. The Balaban J connectivity index is 1.70. The summed E-state index contributed by atoms with van der Waals surface area (Å²) in [7, 11) is 0. The van der Waals surface area contributed by atoms with Crippen LogP contribution in [-0.2, 0) is 9.59 Å². The second kappa shape index (κ2) is 4.63. The number of fused-ring (bicyclic) bond motifs is 3. The molecule has 1 aromatic heterocycles. The summed E-state index contributed by atoms with van der Waals surface area (Å²) in [4.78, 5) is 30.2. The van der Waals surface area contributed by atoms with Crippen LogP contribution in [0.2, 0.25) is 0 Å². The summed E-state index contributed by atoms with van der Waals surface area (Å²) in [6.45, 7) is 3.96. The van der Waals surface area contributed by atoms with Crippen LogP contribution in [0.25, 0.3) is 10.9 Å². The van der Waals surface area contributed by atoms with Gasteiger partial charge in [-0.1, -0.05) is 32.0 Å². The number of hydrogen-bond donors (Lipinski definition) is 1. The number of benzene rings is 1. The molecule has 0 radical (unpaired) electrons. The Bertz CT molecular complexity index is 822. The lowest BCUT2D eigenvalue weighted by atomic mass is 9.70. The summed E-state index contributed by atoms with van der Waals surface area (Å²) in [5.41, 5.74) is 0.222. The van der Waals surface area contributed by atoms with Gasteiger partial charge in [-0.05, 0) is 37.3 Å². The smallest absolute Gasteiger partial charge is 0.238 e. The van der Waals surface area contributed by atoms with Gasteiger partial charge in [-0.25, -0.2) is 0 Å². The highest BCUT2D eigenvalue weighted by Crippen LogP contribution is 2.60. The topological polar surface area (TPSA) is 59.1 Å². The third-order valence-corrected chi connectivity index (χ3v) is 5.87. The van der Waals surface area contributed by atoms with Crippen LogP contribution in [0.1, 0.15) is 33.1 Å². The van der Waals surface area contributed by atoms with E-state index in [-0.39, 0.29) is 17.1 Å². The number of pyridine rings is 1. The molecule has 2 unspecified atom stereocenters. The van der Waals surface area contributed by atoms with Crippen molar-refractivity contribution in [3.05, 3.63) is 36.5 Å². The van der Waals surface area contributed by atoms with E-state index in [1.54, 1.807) is 6.20 Å². The molecule has 1 amide bonds. The maximum Gasteiger partial charge on any atom is 0.238 e. The molecule has 1 N–H and O–H groups in total. The third kappa shape index (κ3) is 1.87. The van der Waals surface area contributed by atoms with Crippen molar-refractivity contribution in [1.82, 2.24) is 4.98 Å². The van der Waals surface area contributed by atoms with Crippen LogP contribution in [-0.4, -0.2) is 16.7 Å². The highest BCUT2D eigenvalue weighted by molar-refractivity contribution is 6.16. The first-order chi connectivity index (χ1) is 10.9. The van der Waals surface area contributed by atoms with Crippen molar-refractivity contribution in [3.63, 3.8) is 0 Å². The summed E-state index contributed by atoms with van der Waals surface area (Å²) >= 11 is 0. The fourth-order valence-corrected chi connectivity index (χ4v) is 4.43. The van der Waals surface area contributed by atoms with Crippen molar-refractivity contribution in [2.75, 3.05) is 5.32 Å². The lowest BCUT2D eigenvalue weighted by Crippen LogP contribution is -2.44. The molecule has 2 aliphatic rings. The number of rotatable bonds is 2. The molecule has 4 nitrogen and oxygen atoms in total. The Morgan fingerprint density at radius 3 is 2.78 bits per heavy atom. The van der Waals surface area contributed by atoms with Crippen LogP contribution < -0.4 is 5.32 Å². The van der Waals surface area contributed by atoms with Gasteiger partial charge in [0.1, 0.15) is 5.41 Å². The zero-order valence-corrected chi connectivity index (χ0v) is 13.4. The maximum atomic E-state index is 13.0. The van der Waals surface area contributed by atoms with E-state index in [0.29, 0.717) is 24.4 Å². The Kier molecular flexibility index (Phi) is 2.89. The molecule has 2 aromatic rings. The van der Waals surface area contributed by atoms with Gasteiger partial charge < -0.3 is 5.32 Å². The number of para-hydroxylation sites is 1. The lowest BCUT2D eigenvalue weighted by Gasteiger charge is -2.32. The summed E-state index contributed by atoms with van der Waals surface area (Å²) < 4.78 is 0. The molecule has 1 aromatic carbocycles. The molecule has 118 valence electrons. The number of amides is 1. The largest absolute Gasteiger partial charge is 0.323 e. The predicted molar refractivity (Wildman–Crippen MR) is 88.9 cm³/mol. The van der Waals surface area contributed by atoms with Crippen molar-refractivity contribution in [2.24, 2.45) is 16.7 Å². The van der Waals surface area contributed by atoms with Crippen LogP contribution in [0.3, 0.4) is 0 Å². The van der Waals surface area contributed by atoms with Crippen LogP contribution in [0.15, 0.2) is 36.5 Å². The molecule has 2 bridgehead atoms. The highest BCUT2D eigenvalue weighted by atomic mass is 16.2. The Morgan fingerprint density at radius 1 is 1.26 bits per heavy atom. The van der Waals surface area contributed by atoms with Gasteiger partial charge in [0.2, 0.25) is 5.91 Å². The number of ketones is 1. The van der Waals surface area contributed by atoms with Crippen molar-refractivity contribution < 1.29 is 9.59 Å². The van der Waals surface area contributed by atoms with Crippen LogP contribution >= 0.6 is 0 Å². The number of nitrogens with one attached hydrogen (secondary N) is 1. The first-order valence-corrected chi connectivity index (χ1v) is 8.15. The highest BCUT2D eigenvalue weighted by Gasteiger charge is 2.65. The molecule has 2 saturated carbocycles. The van der Waals surface area contributed by atoms with E-state index in [4.69, 9.17) is 0 Å². The minimum absolute atomic E-state index is 0.104. The monoisotopic (exact) mass is 308 g/mol. The fraction of sp³-hybridized carbons (Fsp3) is 0.421. The predicted octanol–water partition coefficient (Wildman–Crippen LogP) is 3.57. The van der Waals surface area contributed by atoms with Gasteiger partial charge in [0.05, 0.1) is 11.2 Å². The first-order valence-electron chi connectivity index (χ1n) is 8.15. The minimum Gasteiger partial charge on any atom is -0.323 e. The van der Waals surface area contributed by atoms with Gasteiger partial charge in [-0.3, -0.25) is 14.6 Å². The second-order valence-electron chi connectivity index (χ2n) is 7.41. The molecule has 0 saturated heterocycles. The average Bonchev–Trinajstić information content (AvgIpc) is 3.08. The molecule has 2 atom stereocenters. The molecule has 2 fully saturated rings. The zero-order chi connectivity index (χ0) is 16.2. The van der Waals surface area contributed by atoms with E-state index >= 15 is 0 Å². The zero-order valence-electron chi connectivity index (χ0n) is 13.4. The number of carbonyl (C=O) groups excluding carboxylic acids is 2. The van der Waals surface area contributed by atoms with Crippen LogP contribution in [0.4, 0.5) is 5.69 Å². The first kappa shape index (κ1) is 14.4. The Hall–Kier alpha value is -2.23. The molecule has 2 aliphatic carbocycles. The van der Waals surface area contributed by atoms with E-state index in [1.165, 1.54) is 0 Å². The SMILES string of the molecule is CC1(C)C(=O)C2(C(=O)Nc3cccc4cccnc34)CCC1C2. The van der Waals surface area contributed by atoms with E-state index in [1.807, 2.05) is 44.2 Å². The number of hydrogen-bond acceptors (Lipinski definition) is 3. The summed E-state index contributed by atoms with van der Waals surface area (Å²) in [6.07, 6.45) is 4.03. The van der Waals surface area contributed by atoms with Crippen LogP contribution in [0.5, 0.6) is 0 Å². The van der Waals surface area contributed by atoms with E-state index in [0.717, 1.165) is 17.3 Å². The summed E-state index contributed by atoms with van der Waals surface area (Å²) in [6, 6.07) is 9.55. The van der Waals surface area contributed by atoms with Crippen LogP contribution in [0, 0.1) is 16.7 Å². The Labute approximate surface area is 135 Å². The second-order valence-corrected chi connectivity index (χ2v) is 7.41. The van der Waals surface area contributed by atoms with E-state index < -0.39 is 5.41 Å². The Morgan fingerprint density at radius 2 is 2.04 bits per heavy atom. The molecular weight excluding hydrogens is 288 g/mol. The van der Waals surface area contributed by atoms with Gasteiger partial charge in [0, 0.05) is 17.0 Å².